The highest BCUT2D eigenvalue weighted by molar-refractivity contribution is 6.62. The van der Waals surface area contributed by atoms with Gasteiger partial charge in [-0.05, 0) is 77.1 Å². The van der Waals surface area contributed by atoms with Crippen molar-refractivity contribution in [2.75, 3.05) is 26.7 Å². The Kier molecular flexibility index (Phi) is 5.84. The molecule has 6 nitrogen and oxygen atoms in total. The molecule has 148 valence electrons. The first-order valence-electron chi connectivity index (χ1n) is 9.77. The van der Waals surface area contributed by atoms with Gasteiger partial charge >= 0.3 is 13.2 Å². The average Bonchev–Trinajstić information content (AvgIpc) is 2.84. The summed E-state index contributed by atoms with van der Waals surface area (Å²) in [5, 5.41) is 3.34. The summed E-state index contributed by atoms with van der Waals surface area (Å²) in [5.74, 6) is 1.06. The number of benzene rings is 1. The zero-order valence-electron chi connectivity index (χ0n) is 17.1. The van der Waals surface area contributed by atoms with E-state index in [1.54, 1.807) is 24.1 Å². The van der Waals surface area contributed by atoms with Crippen molar-refractivity contribution in [2.24, 2.45) is 5.92 Å². The van der Waals surface area contributed by atoms with Crippen LogP contribution in [0.2, 0.25) is 0 Å². The molecule has 2 saturated heterocycles. The van der Waals surface area contributed by atoms with E-state index >= 15 is 0 Å². The second kappa shape index (κ2) is 7.82. The molecule has 2 fully saturated rings. The van der Waals surface area contributed by atoms with E-state index in [9.17, 15) is 4.79 Å². The Bertz CT molecular complexity index is 640. The fourth-order valence-electron chi connectivity index (χ4n) is 3.38. The number of nitrogens with one attached hydrogen (secondary N) is 1. The molecular formula is C20H31BN2O4. The molecule has 1 aromatic carbocycles. The molecule has 1 N–H and O–H groups in total. The Morgan fingerprint density at radius 1 is 1.15 bits per heavy atom. The maximum Gasteiger partial charge on any atom is 0.494 e. The first kappa shape index (κ1) is 20.2. The van der Waals surface area contributed by atoms with Crippen molar-refractivity contribution in [2.45, 2.75) is 51.7 Å². The number of carbonyl (C=O) groups excluding carboxylic acids is 1. The predicted octanol–water partition coefficient (Wildman–Crippen LogP) is 2.42. The van der Waals surface area contributed by atoms with Crippen LogP contribution in [0.5, 0.6) is 5.75 Å². The van der Waals surface area contributed by atoms with E-state index in [4.69, 9.17) is 14.0 Å². The second-order valence-electron chi connectivity index (χ2n) is 8.60. The fraction of sp³-hybridized carbons (Fsp3) is 0.650. The van der Waals surface area contributed by atoms with E-state index in [1.807, 2.05) is 39.8 Å². The number of rotatable bonds is 4. The van der Waals surface area contributed by atoms with Gasteiger partial charge in [-0.25, -0.2) is 4.79 Å². The highest BCUT2D eigenvalue weighted by Crippen LogP contribution is 2.36. The molecule has 3 rings (SSSR count). The summed E-state index contributed by atoms with van der Waals surface area (Å²) < 4.78 is 17.6. The molecule has 2 heterocycles. The number of ether oxygens (including phenoxy) is 1. The quantitative estimate of drug-likeness (QED) is 0.821. The summed E-state index contributed by atoms with van der Waals surface area (Å²) in [6.45, 7) is 10.9. The predicted molar refractivity (Wildman–Crippen MR) is 106 cm³/mol. The van der Waals surface area contributed by atoms with Crippen LogP contribution in [0.1, 0.15) is 40.5 Å². The van der Waals surface area contributed by atoms with Gasteiger partial charge in [0, 0.05) is 13.6 Å². The van der Waals surface area contributed by atoms with Gasteiger partial charge in [-0.1, -0.05) is 12.1 Å². The number of amides is 1. The van der Waals surface area contributed by atoms with Crippen molar-refractivity contribution in [3.05, 3.63) is 24.3 Å². The Morgan fingerprint density at radius 2 is 1.70 bits per heavy atom. The Hall–Kier alpha value is -1.57. The first-order chi connectivity index (χ1) is 12.7. The van der Waals surface area contributed by atoms with E-state index in [0.717, 1.165) is 37.9 Å². The summed E-state index contributed by atoms with van der Waals surface area (Å²) in [7, 11) is 1.38. The van der Waals surface area contributed by atoms with E-state index < -0.39 is 7.12 Å². The standard InChI is InChI=1S/C20H31BN2O4/c1-19(2)20(3,4)27-21(26-19)16-6-8-17(9-7-16)25-18(24)23(5)14-15-10-12-22-13-11-15/h6-9,15,22H,10-14H2,1-5H3. The Morgan fingerprint density at radius 3 is 2.26 bits per heavy atom. The topological polar surface area (TPSA) is 60.0 Å². The number of hydrogen-bond donors (Lipinski definition) is 1. The second-order valence-corrected chi connectivity index (χ2v) is 8.60. The Balaban J connectivity index is 1.55. The SMILES string of the molecule is CN(CC1CCNCC1)C(=O)Oc1ccc(B2OC(C)(C)C(C)(C)O2)cc1. The molecule has 2 aliphatic rings. The third-order valence-electron chi connectivity index (χ3n) is 5.91. The van der Waals surface area contributed by atoms with Gasteiger partial charge in [0.1, 0.15) is 5.75 Å². The number of piperidine rings is 1. The lowest BCUT2D eigenvalue weighted by Gasteiger charge is -2.32. The molecule has 7 heteroatoms. The normalized spacial score (nSPS) is 21.9. The van der Waals surface area contributed by atoms with Crippen LogP contribution in [-0.2, 0) is 9.31 Å². The van der Waals surface area contributed by atoms with Gasteiger partial charge in [-0.3, -0.25) is 0 Å². The molecule has 0 saturated carbocycles. The van der Waals surface area contributed by atoms with E-state index in [-0.39, 0.29) is 17.3 Å². The molecule has 1 aromatic rings. The minimum atomic E-state index is -0.415. The molecule has 0 bridgehead atoms. The zero-order valence-corrected chi connectivity index (χ0v) is 17.1. The number of hydrogen-bond acceptors (Lipinski definition) is 5. The summed E-state index contributed by atoms with van der Waals surface area (Å²) >= 11 is 0. The molecule has 0 unspecified atom stereocenters. The van der Waals surface area contributed by atoms with Crippen LogP contribution in [-0.4, -0.2) is 56.0 Å². The summed E-state index contributed by atoms with van der Waals surface area (Å²) in [6.07, 6.45) is 1.87. The Labute approximate surface area is 162 Å². The summed E-state index contributed by atoms with van der Waals surface area (Å²) in [4.78, 5) is 14.0. The van der Waals surface area contributed by atoms with E-state index in [1.165, 1.54) is 0 Å². The van der Waals surface area contributed by atoms with Gasteiger partial charge in [-0.2, -0.15) is 0 Å². The van der Waals surface area contributed by atoms with Gasteiger partial charge < -0.3 is 24.3 Å². The van der Waals surface area contributed by atoms with Crippen LogP contribution >= 0.6 is 0 Å². The van der Waals surface area contributed by atoms with Crippen LogP contribution in [0.3, 0.4) is 0 Å². The fourth-order valence-corrected chi connectivity index (χ4v) is 3.38. The first-order valence-corrected chi connectivity index (χ1v) is 9.77. The van der Waals surface area contributed by atoms with Crippen LogP contribution in [0.4, 0.5) is 4.79 Å². The van der Waals surface area contributed by atoms with Gasteiger partial charge in [0.25, 0.3) is 0 Å². The van der Waals surface area contributed by atoms with Gasteiger partial charge in [-0.15, -0.1) is 0 Å². The molecule has 0 aromatic heterocycles. The van der Waals surface area contributed by atoms with Crippen LogP contribution < -0.4 is 15.5 Å². The van der Waals surface area contributed by atoms with Gasteiger partial charge in [0.15, 0.2) is 0 Å². The lowest BCUT2D eigenvalue weighted by atomic mass is 9.79. The average molecular weight is 374 g/mol. The van der Waals surface area contributed by atoms with Gasteiger partial charge in [0.2, 0.25) is 0 Å². The van der Waals surface area contributed by atoms with Crippen molar-refractivity contribution in [1.82, 2.24) is 10.2 Å². The van der Waals surface area contributed by atoms with E-state index in [2.05, 4.69) is 5.32 Å². The van der Waals surface area contributed by atoms with Gasteiger partial charge in [0.05, 0.1) is 11.2 Å². The third kappa shape index (κ3) is 4.65. The molecule has 0 spiro atoms. The molecule has 0 atom stereocenters. The van der Waals surface area contributed by atoms with Crippen LogP contribution in [0.15, 0.2) is 24.3 Å². The molecule has 2 aliphatic heterocycles. The lowest BCUT2D eigenvalue weighted by molar-refractivity contribution is 0.00578. The largest absolute Gasteiger partial charge is 0.494 e. The molecule has 0 aliphatic carbocycles. The van der Waals surface area contributed by atoms with Crippen molar-refractivity contribution in [1.29, 1.82) is 0 Å². The number of nitrogens with zero attached hydrogens (tertiary/aromatic N) is 1. The van der Waals surface area contributed by atoms with Crippen molar-refractivity contribution in [3.63, 3.8) is 0 Å². The van der Waals surface area contributed by atoms with E-state index in [0.29, 0.717) is 11.7 Å². The summed E-state index contributed by atoms with van der Waals surface area (Å²) in [6, 6.07) is 7.35. The van der Waals surface area contributed by atoms with Crippen LogP contribution in [0.25, 0.3) is 0 Å². The van der Waals surface area contributed by atoms with Crippen molar-refractivity contribution >= 4 is 18.7 Å². The maximum absolute atomic E-state index is 12.3. The van der Waals surface area contributed by atoms with Crippen molar-refractivity contribution in [3.8, 4) is 5.75 Å². The minimum absolute atomic E-state index is 0.322. The monoisotopic (exact) mass is 374 g/mol. The lowest BCUT2D eigenvalue weighted by Crippen LogP contribution is -2.41. The smallest absolute Gasteiger partial charge is 0.410 e. The molecule has 0 radical (unpaired) electrons. The highest BCUT2D eigenvalue weighted by atomic mass is 16.7. The van der Waals surface area contributed by atoms with Crippen molar-refractivity contribution < 1.29 is 18.8 Å². The highest BCUT2D eigenvalue weighted by Gasteiger charge is 2.51. The minimum Gasteiger partial charge on any atom is -0.410 e. The maximum atomic E-state index is 12.3. The number of carbonyl (C=O) groups is 1. The zero-order chi connectivity index (χ0) is 19.7. The van der Waals surface area contributed by atoms with Crippen LogP contribution in [0, 0.1) is 5.92 Å². The molecule has 1 amide bonds. The molecule has 27 heavy (non-hydrogen) atoms. The molecular weight excluding hydrogens is 343 g/mol. The third-order valence-corrected chi connectivity index (χ3v) is 5.91. The summed E-state index contributed by atoms with van der Waals surface area (Å²) in [5.41, 5.74) is 0.164.